The second-order valence-corrected chi connectivity index (χ2v) is 5.91. The summed E-state index contributed by atoms with van der Waals surface area (Å²) in [5.41, 5.74) is 4.08. The maximum absolute atomic E-state index is 10.1. The smallest absolute Gasteiger partial charge is 0.0914 e. The summed E-state index contributed by atoms with van der Waals surface area (Å²) < 4.78 is 0. The Kier molecular flexibility index (Phi) is 5.07. The molecule has 1 heterocycles. The van der Waals surface area contributed by atoms with E-state index < -0.39 is 6.10 Å². The topological polar surface area (TPSA) is 45.1 Å². The number of nitrogens with one attached hydrogen (secondary N) is 1. The average Bonchev–Trinajstić information content (AvgIpc) is 2.92. The van der Waals surface area contributed by atoms with E-state index in [1.807, 2.05) is 23.8 Å². The summed E-state index contributed by atoms with van der Waals surface area (Å²) in [6.07, 6.45) is 1.38. The lowest BCUT2D eigenvalue weighted by Crippen LogP contribution is -2.20. The van der Waals surface area contributed by atoms with Crippen LogP contribution in [0.2, 0.25) is 0 Å². The van der Waals surface area contributed by atoms with E-state index in [9.17, 15) is 5.11 Å². The molecule has 1 aromatic carbocycles. The van der Waals surface area contributed by atoms with Crippen molar-refractivity contribution < 1.29 is 5.11 Å². The minimum Gasteiger partial charge on any atom is -0.387 e. The zero-order valence-corrected chi connectivity index (χ0v) is 12.2. The van der Waals surface area contributed by atoms with Crippen LogP contribution >= 0.6 is 11.3 Å². The third-order valence-corrected chi connectivity index (χ3v) is 3.89. The van der Waals surface area contributed by atoms with Crippen molar-refractivity contribution in [3.05, 3.63) is 52.0 Å². The molecule has 0 aliphatic heterocycles. The van der Waals surface area contributed by atoms with E-state index in [0.717, 1.165) is 12.1 Å². The zero-order chi connectivity index (χ0) is 13.7. The number of aliphatic hydroxyl groups is 1. The van der Waals surface area contributed by atoms with E-state index in [-0.39, 0.29) is 0 Å². The van der Waals surface area contributed by atoms with Gasteiger partial charge in [-0.1, -0.05) is 38.1 Å². The molecule has 0 amide bonds. The fourth-order valence-corrected chi connectivity index (χ4v) is 2.45. The van der Waals surface area contributed by atoms with E-state index in [2.05, 4.69) is 36.3 Å². The van der Waals surface area contributed by atoms with Crippen LogP contribution < -0.4 is 5.32 Å². The molecule has 2 N–H and O–H groups in total. The van der Waals surface area contributed by atoms with Crippen molar-refractivity contribution in [2.24, 2.45) is 0 Å². The summed E-state index contributed by atoms with van der Waals surface area (Å²) in [5, 5.41) is 13.3. The van der Waals surface area contributed by atoms with Crippen LogP contribution in [-0.4, -0.2) is 16.6 Å². The van der Waals surface area contributed by atoms with Gasteiger partial charge in [-0.05, 0) is 17.0 Å². The zero-order valence-electron chi connectivity index (χ0n) is 11.3. The molecule has 3 nitrogen and oxygen atoms in total. The molecular formula is C15H20N2OS. The number of hydrogen-bond donors (Lipinski definition) is 2. The van der Waals surface area contributed by atoms with Gasteiger partial charge in [0.25, 0.3) is 0 Å². The molecule has 1 atom stereocenters. The minimum atomic E-state index is -0.464. The molecule has 0 aliphatic rings. The Hall–Kier alpha value is -1.23. The predicted octanol–water partition coefficient (Wildman–Crippen LogP) is 3.09. The monoisotopic (exact) mass is 276 g/mol. The standard InChI is InChI=1S/C15H20N2OS/c1-11(2)12-3-5-13(6-4-12)15(18)9-16-7-14-8-17-10-19-14/h3-6,8,10-11,15-16,18H,7,9H2,1-2H3. The van der Waals surface area contributed by atoms with Crippen molar-refractivity contribution in [3.8, 4) is 0 Å². The fourth-order valence-electron chi connectivity index (χ4n) is 1.88. The molecule has 0 aliphatic carbocycles. The summed E-state index contributed by atoms with van der Waals surface area (Å²) in [4.78, 5) is 5.20. The normalized spacial score (nSPS) is 12.8. The molecule has 19 heavy (non-hydrogen) atoms. The minimum absolute atomic E-state index is 0.464. The van der Waals surface area contributed by atoms with Gasteiger partial charge in [0.05, 0.1) is 11.6 Å². The Balaban J connectivity index is 1.83. The summed E-state index contributed by atoms with van der Waals surface area (Å²) in [5.74, 6) is 0.524. The van der Waals surface area contributed by atoms with Crippen LogP contribution in [0.25, 0.3) is 0 Å². The molecule has 2 rings (SSSR count). The number of rotatable bonds is 6. The third-order valence-electron chi connectivity index (χ3n) is 3.11. The molecule has 102 valence electrons. The molecular weight excluding hydrogens is 256 g/mol. The fraction of sp³-hybridized carbons (Fsp3) is 0.400. The molecule has 4 heteroatoms. The van der Waals surface area contributed by atoms with Crippen LogP contribution in [0.3, 0.4) is 0 Å². The van der Waals surface area contributed by atoms with Gasteiger partial charge >= 0.3 is 0 Å². The number of hydrogen-bond acceptors (Lipinski definition) is 4. The molecule has 1 unspecified atom stereocenters. The highest BCUT2D eigenvalue weighted by atomic mass is 32.1. The number of aromatic nitrogens is 1. The average molecular weight is 276 g/mol. The van der Waals surface area contributed by atoms with Gasteiger partial charge in [-0.2, -0.15) is 0 Å². The van der Waals surface area contributed by atoms with Crippen molar-refractivity contribution in [1.29, 1.82) is 0 Å². The first-order valence-electron chi connectivity index (χ1n) is 6.53. The Morgan fingerprint density at radius 1 is 1.21 bits per heavy atom. The Morgan fingerprint density at radius 3 is 2.47 bits per heavy atom. The Morgan fingerprint density at radius 2 is 1.89 bits per heavy atom. The summed E-state index contributed by atoms with van der Waals surface area (Å²) in [6, 6.07) is 8.20. The first kappa shape index (κ1) is 14.2. The van der Waals surface area contributed by atoms with E-state index in [1.165, 1.54) is 10.4 Å². The first-order valence-corrected chi connectivity index (χ1v) is 7.41. The van der Waals surface area contributed by atoms with Crippen molar-refractivity contribution in [2.45, 2.75) is 32.4 Å². The van der Waals surface area contributed by atoms with E-state index >= 15 is 0 Å². The van der Waals surface area contributed by atoms with Crippen molar-refractivity contribution >= 4 is 11.3 Å². The summed E-state index contributed by atoms with van der Waals surface area (Å²) in [7, 11) is 0. The highest BCUT2D eigenvalue weighted by molar-refractivity contribution is 7.09. The summed E-state index contributed by atoms with van der Waals surface area (Å²) in [6.45, 7) is 5.65. The van der Waals surface area contributed by atoms with Crippen molar-refractivity contribution in [3.63, 3.8) is 0 Å². The maximum atomic E-state index is 10.1. The van der Waals surface area contributed by atoms with Crippen LogP contribution in [0, 0.1) is 0 Å². The number of aliphatic hydroxyl groups excluding tert-OH is 1. The first-order chi connectivity index (χ1) is 9.16. The van der Waals surface area contributed by atoms with E-state index in [0.29, 0.717) is 12.5 Å². The Labute approximate surface area is 118 Å². The highest BCUT2D eigenvalue weighted by Crippen LogP contribution is 2.18. The van der Waals surface area contributed by atoms with Crippen molar-refractivity contribution in [2.75, 3.05) is 6.54 Å². The lowest BCUT2D eigenvalue weighted by molar-refractivity contribution is 0.174. The van der Waals surface area contributed by atoms with Crippen LogP contribution in [0.4, 0.5) is 0 Å². The molecule has 0 bridgehead atoms. The number of benzene rings is 1. The van der Waals surface area contributed by atoms with Gasteiger partial charge < -0.3 is 10.4 Å². The van der Waals surface area contributed by atoms with Crippen LogP contribution in [0.1, 0.15) is 41.9 Å². The number of nitrogens with zero attached hydrogens (tertiary/aromatic N) is 1. The van der Waals surface area contributed by atoms with E-state index in [1.54, 1.807) is 11.3 Å². The number of thiazole rings is 1. The Bertz CT molecular complexity index is 479. The highest BCUT2D eigenvalue weighted by Gasteiger charge is 2.08. The largest absolute Gasteiger partial charge is 0.387 e. The molecule has 0 saturated carbocycles. The van der Waals surface area contributed by atoms with Gasteiger partial charge in [0.15, 0.2) is 0 Å². The van der Waals surface area contributed by atoms with Gasteiger partial charge in [0.2, 0.25) is 0 Å². The second-order valence-electron chi connectivity index (χ2n) is 4.94. The predicted molar refractivity (Wildman–Crippen MR) is 79.3 cm³/mol. The van der Waals surface area contributed by atoms with Gasteiger partial charge in [0, 0.05) is 24.2 Å². The van der Waals surface area contributed by atoms with Crippen LogP contribution in [-0.2, 0) is 6.54 Å². The molecule has 0 spiro atoms. The van der Waals surface area contributed by atoms with Gasteiger partial charge in [-0.15, -0.1) is 11.3 Å². The van der Waals surface area contributed by atoms with Crippen LogP contribution in [0.15, 0.2) is 36.0 Å². The SMILES string of the molecule is CC(C)c1ccc(C(O)CNCc2cncs2)cc1. The second kappa shape index (κ2) is 6.80. The lowest BCUT2D eigenvalue weighted by Gasteiger charge is -2.13. The molecule has 1 aromatic heterocycles. The van der Waals surface area contributed by atoms with E-state index in [4.69, 9.17) is 0 Å². The van der Waals surface area contributed by atoms with Gasteiger partial charge in [-0.25, -0.2) is 0 Å². The molecule has 2 aromatic rings. The van der Waals surface area contributed by atoms with Gasteiger partial charge in [-0.3, -0.25) is 4.98 Å². The quantitative estimate of drug-likeness (QED) is 0.852. The summed E-state index contributed by atoms with van der Waals surface area (Å²) >= 11 is 1.62. The lowest BCUT2D eigenvalue weighted by atomic mass is 10.00. The van der Waals surface area contributed by atoms with Crippen molar-refractivity contribution in [1.82, 2.24) is 10.3 Å². The maximum Gasteiger partial charge on any atom is 0.0914 e. The molecule has 0 fully saturated rings. The molecule has 0 saturated heterocycles. The third kappa shape index (κ3) is 4.13. The van der Waals surface area contributed by atoms with Gasteiger partial charge in [0.1, 0.15) is 0 Å². The van der Waals surface area contributed by atoms with Crippen LogP contribution in [0.5, 0.6) is 0 Å². The molecule has 0 radical (unpaired) electrons.